The van der Waals surface area contributed by atoms with Crippen LogP contribution in [0.1, 0.15) is 34.3 Å². The number of piperidine rings is 1. The zero-order valence-electron chi connectivity index (χ0n) is 18.5. The zero-order chi connectivity index (χ0) is 23.8. The lowest BCUT2D eigenvalue weighted by atomic mass is 10.0. The summed E-state index contributed by atoms with van der Waals surface area (Å²) in [6.07, 6.45) is 2.17. The van der Waals surface area contributed by atoms with Gasteiger partial charge in [-0.15, -0.1) is 4.98 Å². The number of aromatic nitrogens is 1. The minimum atomic E-state index is -0.717. The van der Waals surface area contributed by atoms with Gasteiger partial charge < -0.3 is 14.6 Å². The van der Waals surface area contributed by atoms with Crippen LogP contribution in [-0.4, -0.2) is 64.7 Å². The maximum atomic E-state index is 15.0. The molecular formula is C24H23FN6O3. The lowest BCUT2D eigenvalue weighted by Gasteiger charge is -2.36. The molecule has 0 spiro atoms. The third-order valence-electron chi connectivity index (χ3n) is 6.63. The van der Waals surface area contributed by atoms with Crippen molar-refractivity contribution in [1.29, 1.82) is 0 Å². The SMILES string of the molecule is [C-]#[N+]c1ccc(CN2CCN(c3cc4c(cc3F)C(=O)N(C3CCC(=O)NC3=O)C4)CC2)cn1. The number of benzene rings is 1. The van der Waals surface area contributed by atoms with Crippen molar-refractivity contribution in [2.45, 2.75) is 32.0 Å². The molecule has 1 N–H and O–H groups in total. The maximum absolute atomic E-state index is 15.0. The number of hydrogen-bond acceptors (Lipinski definition) is 6. The molecule has 4 heterocycles. The molecule has 174 valence electrons. The number of rotatable bonds is 4. The van der Waals surface area contributed by atoms with Crippen molar-refractivity contribution >= 4 is 29.2 Å². The number of fused-ring (bicyclic) bond motifs is 1. The van der Waals surface area contributed by atoms with Crippen LogP contribution in [0, 0.1) is 12.4 Å². The number of anilines is 1. The van der Waals surface area contributed by atoms with E-state index in [1.165, 1.54) is 11.0 Å². The third-order valence-corrected chi connectivity index (χ3v) is 6.63. The first-order valence-electron chi connectivity index (χ1n) is 11.2. The molecule has 0 aliphatic carbocycles. The Bertz CT molecular complexity index is 1200. The molecule has 3 amide bonds. The molecule has 5 rings (SSSR count). The van der Waals surface area contributed by atoms with E-state index in [1.54, 1.807) is 18.3 Å². The van der Waals surface area contributed by atoms with E-state index in [2.05, 4.69) is 20.0 Å². The number of nitrogens with zero attached hydrogens (tertiary/aromatic N) is 5. The van der Waals surface area contributed by atoms with Gasteiger partial charge in [0.05, 0.1) is 5.69 Å². The van der Waals surface area contributed by atoms with E-state index in [9.17, 15) is 14.4 Å². The smallest absolute Gasteiger partial charge is 0.269 e. The summed E-state index contributed by atoms with van der Waals surface area (Å²) in [6, 6.07) is 5.88. The molecule has 34 heavy (non-hydrogen) atoms. The van der Waals surface area contributed by atoms with Crippen LogP contribution in [-0.2, 0) is 22.7 Å². The normalized spacial score (nSPS) is 20.8. The molecule has 3 aliphatic rings. The van der Waals surface area contributed by atoms with Crippen LogP contribution in [0.2, 0.25) is 0 Å². The highest BCUT2D eigenvalue weighted by atomic mass is 19.1. The summed E-state index contributed by atoms with van der Waals surface area (Å²) in [5.41, 5.74) is 2.45. The van der Waals surface area contributed by atoms with Gasteiger partial charge in [-0.25, -0.2) is 4.39 Å². The molecule has 1 atom stereocenters. The van der Waals surface area contributed by atoms with Crippen molar-refractivity contribution in [1.82, 2.24) is 20.1 Å². The maximum Gasteiger partial charge on any atom is 0.269 e. The molecule has 2 aromatic rings. The summed E-state index contributed by atoms with van der Waals surface area (Å²) >= 11 is 0. The number of halogens is 1. The molecule has 10 heteroatoms. The van der Waals surface area contributed by atoms with Crippen molar-refractivity contribution in [2.24, 2.45) is 0 Å². The molecule has 0 radical (unpaired) electrons. The van der Waals surface area contributed by atoms with Gasteiger partial charge in [-0.1, -0.05) is 12.6 Å². The highest BCUT2D eigenvalue weighted by Gasteiger charge is 2.39. The molecule has 0 saturated carbocycles. The lowest BCUT2D eigenvalue weighted by Crippen LogP contribution is -2.52. The van der Waals surface area contributed by atoms with E-state index in [0.717, 1.165) is 18.7 Å². The zero-order valence-corrected chi connectivity index (χ0v) is 18.5. The Hall–Kier alpha value is -3.84. The number of hydrogen-bond donors (Lipinski definition) is 1. The van der Waals surface area contributed by atoms with Gasteiger partial charge in [0.1, 0.15) is 18.1 Å². The Morgan fingerprint density at radius 1 is 1.15 bits per heavy atom. The van der Waals surface area contributed by atoms with Gasteiger partial charge >= 0.3 is 0 Å². The fourth-order valence-corrected chi connectivity index (χ4v) is 4.80. The predicted octanol–water partition coefficient (Wildman–Crippen LogP) is 1.85. The first kappa shape index (κ1) is 22.0. The van der Waals surface area contributed by atoms with E-state index < -0.39 is 17.8 Å². The van der Waals surface area contributed by atoms with Crippen molar-refractivity contribution in [3.63, 3.8) is 0 Å². The van der Waals surface area contributed by atoms with Crippen molar-refractivity contribution in [3.8, 4) is 0 Å². The molecule has 3 aliphatic heterocycles. The topological polar surface area (TPSA) is 90.2 Å². The van der Waals surface area contributed by atoms with Crippen LogP contribution in [0.5, 0.6) is 0 Å². The van der Waals surface area contributed by atoms with Crippen LogP contribution in [0.25, 0.3) is 4.85 Å². The second-order valence-electron chi connectivity index (χ2n) is 8.76. The second kappa shape index (κ2) is 8.83. The first-order valence-corrected chi connectivity index (χ1v) is 11.2. The summed E-state index contributed by atoms with van der Waals surface area (Å²) in [4.78, 5) is 49.6. The van der Waals surface area contributed by atoms with Gasteiger partial charge in [-0.3, -0.25) is 24.6 Å². The predicted molar refractivity (Wildman–Crippen MR) is 120 cm³/mol. The Morgan fingerprint density at radius 3 is 2.62 bits per heavy atom. The molecule has 1 aromatic carbocycles. The summed E-state index contributed by atoms with van der Waals surface area (Å²) in [7, 11) is 0. The summed E-state index contributed by atoms with van der Waals surface area (Å²) in [5.74, 6) is -1.28. The molecule has 1 aromatic heterocycles. The fraction of sp³-hybridized carbons (Fsp3) is 0.375. The van der Waals surface area contributed by atoms with E-state index >= 15 is 4.39 Å². The number of imide groups is 1. The average molecular weight is 462 g/mol. The quantitative estimate of drug-likeness (QED) is 0.551. The number of carbonyl (C=O) groups excluding carboxylic acids is 3. The molecule has 1 unspecified atom stereocenters. The van der Waals surface area contributed by atoms with Crippen LogP contribution < -0.4 is 10.2 Å². The van der Waals surface area contributed by atoms with Gasteiger partial charge in [0.25, 0.3) is 11.7 Å². The van der Waals surface area contributed by atoms with Crippen LogP contribution in [0.15, 0.2) is 30.5 Å². The number of piperazine rings is 1. The van der Waals surface area contributed by atoms with E-state index in [1.807, 2.05) is 11.0 Å². The average Bonchev–Trinajstić information content (AvgIpc) is 3.15. The Labute approximate surface area is 196 Å². The van der Waals surface area contributed by atoms with Crippen molar-refractivity contribution in [3.05, 3.63) is 64.4 Å². The van der Waals surface area contributed by atoms with Crippen LogP contribution >= 0.6 is 0 Å². The Kier molecular flexibility index (Phi) is 5.71. The van der Waals surface area contributed by atoms with Crippen LogP contribution in [0.3, 0.4) is 0 Å². The summed E-state index contributed by atoms with van der Waals surface area (Å²) < 4.78 is 15.0. The number of pyridine rings is 1. The second-order valence-corrected chi connectivity index (χ2v) is 8.76. The summed E-state index contributed by atoms with van der Waals surface area (Å²) in [6.45, 7) is 10.7. The van der Waals surface area contributed by atoms with E-state index in [0.29, 0.717) is 36.7 Å². The molecule has 0 bridgehead atoms. The van der Waals surface area contributed by atoms with Gasteiger partial charge in [0.15, 0.2) is 0 Å². The fourth-order valence-electron chi connectivity index (χ4n) is 4.80. The molecule has 2 saturated heterocycles. The first-order chi connectivity index (χ1) is 16.4. The number of amides is 3. The largest absolute Gasteiger partial charge is 0.367 e. The van der Waals surface area contributed by atoms with Gasteiger partial charge in [0.2, 0.25) is 11.8 Å². The minimum absolute atomic E-state index is 0.181. The van der Waals surface area contributed by atoms with Crippen LogP contribution in [0.4, 0.5) is 15.9 Å². The van der Waals surface area contributed by atoms with E-state index in [4.69, 9.17) is 6.57 Å². The van der Waals surface area contributed by atoms with Gasteiger partial charge in [-0.2, -0.15) is 0 Å². The number of carbonyl (C=O) groups is 3. The Balaban J connectivity index is 1.25. The highest BCUT2D eigenvalue weighted by Crippen LogP contribution is 2.33. The Morgan fingerprint density at radius 2 is 1.94 bits per heavy atom. The molecule has 9 nitrogen and oxygen atoms in total. The highest BCUT2D eigenvalue weighted by molar-refractivity contribution is 6.05. The van der Waals surface area contributed by atoms with Crippen molar-refractivity contribution in [2.75, 3.05) is 31.1 Å². The number of nitrogens with one attached hydrogen (secondary N) is 1. The summed E-state index contributed by atoms with van der Waals surface area (Å²) in [5, 5.41) is 2.28. The standard InChI is InChI=1S/C24H23FN6O3/c1-26-21-4-2-15(12-27-21)13-29-6-8-30(9-7-29)20-10-16-14-31(24(34)17(16)11-18(20)25)19-3-5-22(32)28-23(19)33/h2,4,10-12,19H,3,5-9,13-14H2,(H,28,32,33). The molecular weight excluding hydrogens is 439 g/mol. The van der Waals surface area contributed by atoms with Gasteiger partial charge in [0, 0.05) is 56.8 Å². The minimum Gasteiger partial charge on any atom is -0.367 e. The third kappa shape index (κ3) is 4.10. The van der Waals surface area contributed by atoms with Gasteiger partial charge in [-0.05, 0) is 30.2 Å². The van der Waals surface area contributed by atoms with Crippen molar-refractivity contribution < 1.29 is 18.8 Å². The van der Waals surface area contributed by atoms with E-state index in [-0.39, 0.29) is 36.8 Å². The monoisotopic (exact) mass is 462 g/mol. The molecule has 2 fully saturated rings. The lowest BCUT2D eigenvalue weighted by molar-refractivity contribution is -0.136.